The van der Waals surface area contributed by atoms with Gasteiger partial charge in [0, 0.05) is 6.54 Å². The lowest BCUT2D eigenvalue weighted by Gasteiger charge is -2.37. The molecule has 0 aromatic carbocycles. The van der Waals surface area contributed by atoms with Gasteiger partial charge in [-0.05, 0) is 37.5 Å². The Kier molecular flexibility index (Phi) is 5.78. The topological polar surface area (TPSA) is 47.0 Å². The van der Waals surface area contributed by atoms with Crippen molar-refractivity contribution in [2.24, 2.45) is 17.8 Å². The van der Waals surface area contributed by atoms with E-state index in [1.165, 1.54) is 19.3 Å². The Morgan fingerprint density at radius 3 is 2.85 bits per heavy atom. The summed E-state index contributed by atoms with van der Waals surface area (Å²) >= 11 is 1.60. The summed E-state index contributed by atoms with van der Waals surface area (Å²) in [6.07, 6.45) is 4.20. The minimum Gasteiger partial charge on any atom is -0.371 e. The van der Waals surface area contributed by atoms with Crippen molar-refractivity contribution in [2.45, 2.75) is 59.7 Å². The number of nitrogens with one attached hydrogen (secondary N) is 1. The molecule has 1 aromatic heterocycles. The fourth-order valence-electron chi connectivity index (χ4n) is 3.02. The molecule has 0 amide bonds. The normalized spacial score (nSPS) is 26.9. The van der Waals surface area contributed by atoms with Crippen LogP contribution in [-0.4, -0.2) is 22.8 Å². The fraction of sp³-hybridized carbons (Fsp3) is 0.867. The molecule has 3 unspecified atom stereocenters. The average Bonchev–Trinajstić information content (AvgIpc) is 2.84. The van der Waals surface area contributed by atoms with Gasteiger partial charge in [0.2, 0.25) is 5.13 Å². The number of hydrogen-bond acceptors (Lipinski definition) is 5. The van der Waals surface area contributed by atoms with Crippen molar-refractivity contribution in [1.29, 1.82) is 0 Å². The minimum absolute atomic E-state index is 0.380. The first-order valence-electron chi connectivity index (χ1n) is 7.78. The van der Waals surface area contributed by atoms with Crippen molar-refractivity contribution in [3.8, 4) is 0 Å². The van der Waals surface area contributed by atoms with Crippen LogP contribution in [-0.2, 0) is 11.3 Å². The number of nitrogens with zero attached hydrogens (tertiary/aromatic N) is 2. The van der Waals surface area contributed by atoms with Gasteiger partial charge in [0.25, 0.3) is 0 Å². The Balaban J connectivity index is 1.89. The van der Waals surface area contributed by atoms with Crippen molar-refractivity contribution < 1.29 is 4.74 Å². The van der Waals surface area contributed by atoms with E-state index in [2.05, 4.69) is 43.2 Å². The highest BCUT2D eigenvalue weighted by Gasteiger charge is 2.31. The van der Waals surface area contributed by atoms with E-state index in [9.17, 15) is 0 Å². The molecule has 0 spiro atoms. The van der Waals surface area contributed by atoms with Gasteiger partial charge in [0.05, 0.1) is 6.10 Å². The van der Waals surface area contributed by atoms with Crippen molar-refractivity contribution >= 4 is 16.5 Å². The molecule has 1 aliphatic rings. The summed E-state index contributed by atoms with van der Waals surface area (Å²) in [7, 11) is 0. The predicted octanol–water partition coefficient (Wildman–Crippen LogP) is 3.95. The first kappa shape index (κ1) is 15.7. The SMILES string of the molecule is CCNc1nnc(COC2CC(C)CCC2C(C)C)s1. The fourth-order valence-corrected chi connectivity index (χ4v) is 3.75. The van der Waals surface area contributed by atoms with Gasteiger partial charge in [-0.25, -0.2) is 0 Å². The molecule has 1 saturated carbocycles. The van der Waals surface area contributed by atoms with E-state index < -0.39 is 0 Å². The molecule has 0 bridgehead atoms. The number of anilines is 1. The third-order valence-corrected chi connectivity index (χ3v) is 5.03. The highest BCUT2D eigenvalue weighted by atomic mass is 32.1. The number of rotatable bonds is 6. The van der Waals surface area contributed by atoms with E-state index in [4.69, 9.17) is 4.74 Å². The van der Waals surface area contributed by atoms with Gasteiger partial charge in [0.1, 0.15) is 11.6 Å². The Labute approximate surface area is 126 Å². The Morgan fingerprint density at radius 2 is 2.15 bits per heavy atom. The lowest BCUT2D eigenvalue weighted by atomic mass is 9.75. The van der Waals surface area contributed by atoms with Crippen LogP contribution in [0.1, 0.15) is 52.0 Å². The van der Waals surface area contributed by atoms with Gasteiger partial charge in [0.15, 0.2) is 0 Å². The van der Waals surface area contributed by atoms with Crippen LogP contribution < -0.4 is 5.32 Å². The van der Waals surface area contributed by atoms with Gasteiger partial charge in [-0.1, -0.05) is 38.5 Å². The van der Waals surface area contributed by atoms with Gasteiger partial charge < -0.3 is 10.1 Å². The van der Waals surface area contributed by atoms with E-state index in [0.717, 1.165) is 22.6 Å². The van der Waals surface area contributed by atoms with Crippen molar-refractivity contribution in [1.82, 2.24) is 10.2 Å². The van der Waals surface area contributed by atoms with Crippen LogP contribution in [0.2, 0.25) is 0 Å². The van der Waals surface area contributed by atoms with Gasteiger partial charge in [-0.3, -0.25) is 0 Å². The minimum atomic E-state index is 0.380. The van der Waals surface area contributed by atoms with Crippen LogP contribution in [0, 0.1) is 17.8 Å². The largest absolute Gasteiger partial charge is 0.371 e. The molecule has 1 N–H and O–H groups in total. The number of aromatic nitrogens is 2. The smallest absolute Gasteiger partial charge is 0.205 e. The summed E-state index contributed by atoms with van der Waals surface area (Å²) in [5.41, 5.74) is 0. The molecule has 1 fully saturated rings. The molecule has 5 heteroatoms. The zero-order valence-electron chi connectivity index (χ0n) is 13.1. The zero-order chi connectivity index (χ0) is 14.5. The number of hydrogen-bond donors (Lipinski definition) is 1. The monoisotopic (exact) mass is 297 g/mol. The van der Waals surface area contributed by atoms with Crippen LogP contribution >= 0.6 is 11.3 Å². The predicted molar refractivity (Wildman–Crippen MR) is 84.0 cm³/mol. The third kappa shape index (κ3) is 4.16. The van der Waals surface area contributed by atoms with Crippen LogP contribution in [0.4, 0.5) is 5.13 Å². The standard InChI is InChI=1S/C15H27N3OS/c1-5-16-15-18-17-14(20-15)9-19-13-8-11(4)6-7-12(13)10(2)3/h10-13H,5-9H2,1-4H3,(H,16,18). The van der Waals surface area contributed by atoms with Gasteiger partial charge >= 0.3 is 0 Å². The maximum atomic E-state index is 6.18. The molecule has 0 aliphatic heterocycles. The molecular formula is C15H27N3OS. The van der Waals surface area contributed by atoms with Crippen LogP contribution in [0.15, 0.2) is 0 Å². The van der Waals surface area contributed by atoms with Crippen molar-refractivity contribution in [3.63, 3.8) is 0 Å². The van der Waals surface area contributed by atoms with E-state index in [1.54, 1.807) is 11.3 Å². The Bertz CT molecular complexity index is 408. The molecular weight excluding hydrogens is 270 g/mol. The molecule has 20 heavy (non-hydrogen) atoms. The molecule has 1 aliphatic carbocycles. The summed E-state index contributed by atoms with van der Waals surface area (Å²) < 4.78 is 6.18. The molecule has 1 heterocycles. The molecule has 114 valence electrons. The average molecular weight is 297 g/mol. The molecule has 0 saturated heterocycles. The maximum absolute atomic E-state index is 6.18. The summed E-state index contributed by atoms with van der Waals surface area (Å²) in [4.78, 5) is 0. The summed E-state index contributed by atoms with van der Waals surface area (Å²) in [6.45, 7) is 10.5. The highest BCUT2D eigenvalue weighted by molar-refractivity contribution is 7.15. The third-order valence-electron chi connectivity index (χ3n) is 4.18. The highest BCUT2D eigenvalue weighted by Crippen LogP contribution is 2.35. The molecule has 3 atom stereocenters. The van der Waals surface area contributed by atoms with Crippen LogP contribution in [0.25, 0.3) is 0 Å². The van der Waals surface area contributed by atoms with Gasteiger partial charge in [-0.15, -0.1) is 10.2 Å². The van der Waals surface area contributed by atoms with E-state index in [0.29, 0.717) is 24.5 Å². The Hall–Kier alpha value is -0.680. The summed E-state index contributed by atoms with van der Waals surface area (Å²) in [5.74, 6) is 2.16. The first-order valence-corrected chi connectivity index (χ1v) is 8.59. The Morgan fingerprint density at radius 1 is 1.35 bits per heavy atom. The second kappa shape index (κ2) is 7.36. The molecule has 0 radical (unpaired) electrons. The molecule has 2 rings (SSSR count). The quantitative estimate of drug-likeness (QED) is 0.863. The van der Waals surface area contributed by atoms with E-state index in [1.807, 2.05) is 0 Å². The van der Waals surface area contributed by atoms with Gasteiger partial charge in [-0.2, -0.15) is 0 Å². The van der Waals surface area contributed by atoms with Crippen LogP contribution in [0.3, 0.4) is 0 Å². The molecule has 1 aromatic rings. The van der Waals surface area contributed by atoms with E-state index in [-0.39, 0.29) is 0 Å². The summed E-state index contributed by atoms with van der Waals surface area (Å²) in [6, 6.07) is 0. The second-order valence-corrected chi connectivity index (χ2v) is 7.27. The second-order valence-electron chi connectivity index (χ2n) is 6.21. The summed E-state index contributed by atoms with van der Waals surface area (Å²) in [5, 5.41) is 13.4. The van der Waals surface area contributed by atoms with E-state index >= 15 is 0 Å². The van der Waals surface area contributed by atoms with Crippen molar-refractivity contribution in [3.05, 3.63) is 5.01 Å². The lowest BCUT2D eigenvalue weighted by Crippen LogP contribution is -2.34. The van der Waals surface area contributed by atoms with Crippen LogP contribution in [0.5, 0.6) is 0 Å². The first-order chi connectivity index (χ1) is 9.60. The maximum Gasteiger partial charge on any atom is 0.205 e. The van der Waals surface area contributed by atoms with Crippen molar-refractivity contribution in [2.75, 3.05) is 11.9 Å². The zero-order valence-corrected chi connectivity index (χ0v) is 13.9. The lowest BCUT2D eigenvalue weighted by molar-refractivity contribution is -0.0474. The number of ether oxygens (including phenoxy) is 1. The molecule has 4 nitrogen and oxygen atoms in total.